The third-order valence-corrected chi connectivity index (χ3v) is 2.31. The summed E-state index contributed by atoms with van der Waals surface area (Å²) in [5.74, 6) is 0. The van der Waals surface area contributed by atoms with Crippen molar-refractivity contribution >= 4 is 0 Å². The summed E-state index contributed by atoms with van der Waals surface area (Å²) in [6, 6.07) is 0. The summed E-state index contributed by atoms with van der Waals surface area (Å²) in [6.45, 7) is 6.40. The lowest BCUT2D eigenvalue weighted by Crippen LogP contribution is -2.21. The van der Waals surface area contributed by atoms with E-state index >= 15 is 0 Å². The molecule has 4 nitrogen and oxygen atoms in total. The summed E-state index contributed by atoms with van der Waals surface area (Å²) in [4.78, 5) is 0. The van der Waals surface area contributed by atoms with Gasteiger partial charge in [-0.3, -0.25) is 0 Å². The highest BCUT2D eigenvalue weighted by Crippen LogP contribution is 1.95. The van der Waals surface area contributed by atoms with Gasteiger partial charge in [-0.1, -0.05) is 0 Å². The molecule has 0 aliphatic carbocycles. The van der Waals surface area contributed by atoms with Crippen LogP contribution in [-0.4, -0.2) is 52.7 Å². The Hall–Kier alpha value is -0.160. The molecule has 1 heterocycles. The highest BCUT2D eigenvalue weighted by atomic mass is 16.5. The molecule has 1 rings (SSSR count). The quantitative estimate of drug-likeness (QED) is 0.652. The van der Waals surface area contributed by atoms with Crippen molar-refractivity contribution in [1.29, 1.82) is 0 Å². The maximum absolute atomic E-state index is 5.42. The molecule has 0 unspecified atom stereocenters. The van der Waals surface area contributed by atoms with Gasteiger partial charge in [-0.2, -0.15) is 0 Å². The van der Waals surface area contributed by atoms with E-state index in [4.69, 9.17) is 14.2 Å². The number of ether oxygens (including phenoxy) is 3. The maximum atomic E-state index is 5.42. The summed E-state index contributed by atoms with van der Waals surface area (Å²) in [5.41, 5.74) is 0. The van der Waals surface area contributed by atoms with E-state index in [9.17, 15) is 0 Å². The van der Waals surface area contributed by atoms with Gasteiger partial charge < -0.3 is 19.5 Å². The van der Waals surface area contributed by atoms with Gasteiger partial charge in [0.25, 0.3) is 0 Å². The van der Waals surface area contributed by atoms with E-state index in [0.29, 0.717) is 26.4 Å². The Kier molecular flexibility index (Phi) is 8.92. The van der Waals surface area contributed by atoms with Crippen LogP contribution in [0.5, 0.6) is 0 Å². The van der Waals surface area contributed by atoms with Crippen LogP contribution in [0.15, 0.2) is 0 Å². The minimum Gasteiger partial charge on any atom is -0.379 e. The predicted octanol–water partition coefficient (Wildman–Crippen LogP) is 0.810. The molecular weight excluding hydrogens is 194 g/mol. The molecule has 0 spiro atoms. The van der Waals surface area contributed by atoms with Crippen molar-refractivity contribution in [3.8, 4) is 0 Å². The molecule has 0 saturated carbocycles. The van der Waals surface area contributed by atoms with E-state index in [1.165, 1.54) is 12.8 Å². The number of hydrogen-bond acceptors (Lipinski definition) is 4. The Bertz CT molecular complexity index is 74.4. The summed E-state index contributed by atoms with van der Waals surface area (Å²) in [7, 11) is 0. The topological polar surface area (TPSA) is 39.7 Å². The maximum Gasteiger partial charge on any atom is 0.0701 e. The van der Waals surface area contributed by atoms with Crippen molar-refractivity contribution in [1.82, 2.24) is 5.32 Å². The molecular formula is C11H23NO3. The van der Waals surface area contributed by atoms with Crippen LogP contribution in [0.1, 0.15) is 19.3 Å². The van der Waals surface area contributed by atoms with Crippen molar-refractivity contribution < 1.29 is 14.2 Å². The van der Waals surface area contributed by atoms with Crippen molar-refractivity contribution in [2.45, 2.75) is 19.3 Å². The molecule has 0 radical (unpaired) electrons. The molecule has 1 fully saturated rings. The van der Waals surface area contributed by atoms with Gasteiger partial charge in [0.05, 0.1) is 33.0 Å². The van der Waals surface area contributed by atoms with E-state index in [0.717, 1.165) is 32.7 Å². The minimum absolute atomic E-state index is 0.670. The number of hydrogen-bond donors (Lipinski definition) is 1. The first-order valence-corrected chi connectivity index (χ1v) is 5.94. The van der Waals surface area contributed by atoms with Crippen LogP contribution in [-0.2, 0) is 14.2 Å². The normalized spacial score (nSPS) is 24.0. The van der Waals surface area contributed by atoms with E-state index in [1.54, 1.807) is 0 Å². The minimum atomic E-state index is 0.670. The molecule has 0 aromatic rings. The summed E-state index contributed by atoms with van der Waals surface area (Å²) in [6.07, 6.45) is 3.60. The van der Waals surface area contributed by atoms with Crippen molar-refractivity contribution in [2.75, 3.05) is 52.7 Å². The largest absolute Gasteiger partial charge is 0.379 e. The summed E-state index contributed by atoms with van der Waals surface area (Å²) in [5, 5.41) is 3.35. The van der Waals surface area contributed by atoms with Crippen molar-refractivity contribution in [3.63, 3.8) is 0 Å². The van der Waals surface area contributed by atoms with Gasteiger partial charge in [-0.05, 0) is 25.8 Å². The molecule has 0 atom stereocenters. The molecule has 1 N–H and O–H groups in total. The zero-order valence-electron chi connectivity index (χ0n) is 9.50. The van der Waals surface area contributed by atoms with Crippen LogP contribution in [0.3, 0.4) is 0 Å². The average molecular weight is 217 g/mol. The highest BCUT2D eigenvalue weighted by molar-refractivity contribution is 4.49. The molecule has 0 amide bonds. The van der Waals surface area contributed by atoms with Crippen LogP contribution in [0, 0.1) is 0 Å². The molecule has 15 heavy (non-hydrogen) atoms. The third-order valence-electron chi connectivity index (χ3n) is 2.31. The third kappa shape index (κ3) is 8.81. The molecule has 90 valence electrons. The zero-order chi connectivity index (χ0) is 10.6. The lowest BCUT2D eigenvalue weighted by Gasteiger charge is -2.05. The smallest absolute Gasteiger partial charge is 0.0701 e. The molecule has 4 heteroatoms. The molecule has 0 bridgehead atoms. The average Bonchev–Trinajstić information content (AvgIpc) is 2.27. The van der Waals surface area contributed by atoms with E-state index in [-0.39, 0.29) is 0 Å². The van der Waals surface area contributed by atoms with Gasteiger partial charge in [-0.15, -0.1) is 0 Å². The standard InChI is InChI=1S/C11H23NO3/c1-2-4-12-5-7-14-9-11-15-10-8-13-6-3-1/h12H,1-11H2. The number of rotatable bonds is 0. The van der Waals surface area contributed by atoms with E-state index in [2.05, 4.69) is 5.32 Å². The molecule has 0 aromatic carbocycles. The van der Waals surface area contributed by atoms with Gasteiger partial charge in [0, 0.05) is 13.2 Å². The monoisotopic (exact) mass is 217 g/mol. The van der Waals surface area contributed by atoms with Gasteiger partial charge in [0.1, 0.15) is 0 Å². The highest BCUT2D eigenvalue weighted by Gasteiger charge is 1.94. The van der Waals surface area contributed by atoms with Crippen LogP contribution in [0.25, 0.3) is 0 Å². The van der Waals surface area contributed by atoms with Crippen molar-refractivity contribution in [3.05, 3.63) is 0 Å². The Labute approximate surface area is 92.3 Å². The van der Waals surface area contributed by atoms with Crippen molar-refractivity contribution in [2.24, 2.45) is 0 Å². The van der Waals surface area contributed by atoms with Crippen LogP contribution < -0.4 is 5.32 Å². The van der Waals surface area contributed by atoms with Gasteiger partial charge >= 0.3 is 0 Å². The second-order valence-corrected chi connectivity index (χ2v) is 3.65. The second-order valence-electron chi connectivity index (χ2n) is 3.65. The Morgan fingerprint density at radius 2 is 1.20 bits per heavy atom. The molecule has 1 saturated heterocycles. The van der Waals surface area contributed by atoms with Gasteiger partial charge in [-0.25, -0.2) is 0 Å². The van der Waals surface area contributed by atoms with E-state index < -0.39 is 0 Å². The van der Waals surface area contributed by atoms with Crippen LogP contribution in [0.2, 0.25) is 0 Å². The Morgan fingerprint density at radius 1 is 0.533 bits per heavy atom. The molecule has 0 aromatic heterocycles. The predicted molar refractivity (Wildman–Crippen MR) is 59.2 cm³/mol. The summed E-state index contributed by atoms with van der Waals surface area (Å²) >= 11 is 0. The summed E-state index contributed by atoms with van der Waals surface area (Å²) < 4.78 is 16.1. The lowest BCUT2D eigenvalue weighted by molar-refractivity contribution is 0.0152. The van der Waals surface area contributed by atoms with E-state index in [1.807, 2.05) is 0 Å². The first kappa shape index (κ1) is 12.9. The van der Waals surface area contributed by atoms with Gasteiger partial charge in [0.15, 0.2) is 0 Å². The first-order chi connectivity index (χ1) is 7.50. The fraction of sp³-hybridized carbons (Fsp3) is 1.00. The van der Waals surface area contributed by atoms with Gasteiger partial charge in [0.2, 0.25) is 0 Å². The number of nitrogens with one attached hydrogen (secondary N) is 1. The first-order valence-electron chi connectivity index (χ1n) is 5.94. The molecule has 1 aliphatic heterocycles. The van der Waals surface area contributed by atoms with Crippen LogP contribution >= 0.6 is 0 Å². The molecule has 1 aliphatic rings. The Balaban J connectivity index is 2.01. The fourth-order valence-electron chi connectivity index (χ4n) is 1.44. The second kappa shape index (κ2) is 10.4. The SMILES string of the molecule is C1CCNCCOCCOCCOCC1. The fourth-order valence-corrected chi connectivity index (χ4v) is 1.44. The van der Waals surface area contributed by atoms with Crippen LogP contribution in [0.4, 0.5) is 0 Å². The zero-order valence-corrected chi connectivity index (χ0v) is 9.50. The Morgan fingerprint density at radius 3 is 2.00 bits per heavy atom. The lowest BCUT2D eigenvalue weighted by atomic mass is 10.2.